The monoisotopic (exact) mass is 224 g/mol. The molecule has 0 amide bonds. The van der Waals surface area contributed by atoms with Crippen molar-refractivity contribution in [3.63, 3.8) is 0 Å². The summed E-state index contributed by atoms with van der Waals surface area (Å²) >= 11 is 0. The van der Waals surface area contributed by atoms with Crippen molar-refractivity contribution in [3.8, 4) is 0 Å². The summed E-state index contributed by atoms with van der Waals surface area (Å²) in [6.07, 6.45) is 3.78. The predicted octanol–water partition coefficient (Wildman–Crippen LogP) is -0.470. The number of hydrogen-bond acceptors (Lipinski definition) is 4. The van der Waals surface area contributed by atoms with E-state index in [0.717, 1.165) is 39.3 Å². The van der Waals surface area contributed by atoms with Crippen LogP contribution in [0.1, 0.15) is 5.69 Å². The Morgan fingerprint density at radius 2 is 1.94 bits per heavy atom. The molecule has 5 heteroatoms. The van der Waals surface area contributed by atoms with Crippen LogP contribution in [0.15, 0.2) is 12.5 Å². The molecule has 16 heavy (non-hydrogen) atoms. The van der Waals surface area contributed by atoms with Gasteiger partial charge < -0.3 is 9.67 Å². The summed E-state index contributed by atoms with van der Waals surface area (Å²) in [4.78, 5) is 8.87. The Bertz CT molecular complexity index is 318. The maximum Gasteiger partial charge on any atom is 0.0945 e. The van der Waals surface area contributed by atoms with Gasteiger partial charge in [-0.25, -0.2) is 4.98 Å². The third kappa shape index (κ3) is 2.81. The summed E-state index contributed by atoms with van der Waals surface area (Å²) in [6.45, 7) is 6.30. The summed E-state index contributed by atoms with van der Waals surface area (Å²) in [5.74, 6) is 0. The maximum absolute atomic E-state index is 8.86. The van der Waals surface area contributed by atoms with Crippen LogP contribution >= 0.6 is 0 Å². The zero-order valence-corrected chi connectivity index (χ0v) is 9.84. The Morgan fingerprint density at radius 3 is 2.50 bits per heavy atom. The van der Waals surface area contributed by atoms with E-state index >= 15 is 0 Å². The third-order valence-corrected chi connectivity index (χ3v) is 3.18. The van der Waals surface area contributed by atoms with Gasteiger partial charge in [-0.1, -0.05) is 0 Å². The molecule has 0 aliphatic carbocycles. The topological polar surface area (TPSA) is 44.5 Å². The van der Waals surface area contributed by atoms with E-state index in [2.05, 4.69) is 19.4 Å². The number of hydrogen-bond donors (Lipinski definition) is 1. The zero-order chi connectivity index (χ0) is 11.4. The van der Waals surface area contributed by atoms with Gasteiger partial charge in [0, 0.05) is 52.5 Å². The highest BCUT2D eigenvalue weighted by Gasteiger charge is 2.16. The second-order valence-corrected chi connectivity index (χ2v) is 4.34. The summed E-state index contributed by atoms with van der Waals surface area (Å²) in [6, 6.07) is 0. The summed E-state index contributed by atoms with van der Waals surface area (Å²) in [7, 11) is 2.03. The molecule has 0 spiro atoms. The number of aryl methyl sites for hydroxylation is 1. The van der Waals surface area contributed by atoms with Crippen LogP contribution in [0.25, 0.3) is 0 Å². The molecule has 1 aromatic rings. The number of β-amino-alcohol motifs (C(OH)–C–C–N with tert-alkyl or cyclic N) is 1. The van der Waals surface area contributed by atoms with Crippen LogP contribution in [0.2, 0.25) is 0 Å². The molecule has 5 nitrogen and oxygen atoms in total. The number of rotatable bonds is 4. The molecule has 2 rings (SSSR count). The largest absolute Gasteiger partial charge is 0.395 e. The Morgan fingerprint density at radius 1 is 1.25 bits per heavy atom. The molecule has 1 aromatic heterocycles. The van der Waals surface area contributed by atoms with E-state index in [1.54, 1.807) is 0 Å². The van der Waals surface area contributed by atoms with Crippen LogP contribution in [0, 0.1) is 0 Å². The van der Waals surface area contributed by atoms with Gasteiger partial charge >= 0.3 is 0 Å². The molecule has 1 N–H and O–H groups in total. The van der Waals surface area contributed by atoms with Gasteiger partial charge in [-0.2, -0.15) is 0 Å². The molecule has 0 saturated carbocycles. The lowest BCUT2D eigenvalue weighted by Gasteiger charge is -2.34. The first kappa shape index (κ1) is 11.6. The molecule has 1 aliphatic rings. The smallest absolute Gasteiger partial charge is 0.0945 e. The number of aliphatic hydroxyl groups is 1. The lowest BCUT2D eigenvalue weighted by atomic mass is 10.3. The fourth-order valence-corrected chi connectivity index (χ4v) is 2.08. The van der Waals surface area contributed by atoms with Crippen molar-refractivity contribution >= 4 is 0 Å². The first-order valence-electron chi connectivity index (χ1n) is 5.80. The standard InChI is InChI=1S/C11H20N4O/c1-13-10-12-8-11(13)9-15-4-2-14(3-5-15)6-7-16/h8,10,16H,2-7,9H2,1H3. The van der Waals surface area contributed by atoms with Gasteiger partial charge in [0.05, 0.1) is 18.6 Å². The van der Waals surface area contributed by atoms with Gasteiger partial charge in [-0.15, -0.1) is 0 Å². The molecule has 90 valence electrons. The predicted molar refractivity (Wildman–Crippen MR) is 62.0 cm³/mol. The zero-order valence-electron chi connectivity index (χ0n) is 9.84. The fraction of sp³-hybridized carbons (Fsp3) is 0.727. The second kappa shape index (κ2) is 5.43. The molecule has 1 saturated heterocycles. The lowest BCUT2D eigenvalue weighted by molar-refractivity contribution is 0.107. The first-order chi connectivity index (χ1) is 7.79. The lowest BCUT2D eigenvalue weighted by Crippen LogP contribution is -2.46. The van der Waals surface area contributed by atoms with Crippen molar-refractivity contribution in [2.24, 2.45) is 7.05 Å². The van der Waals surface area contributed by atoms with Crippen LogP contribution in [-0.2, 0) is 13.6 Å². The fourth-order valence-electron chi connectivity index (χ4n) is 2.08. The van der Waals surface area contributed by atoms with E-state index in [9.17, 15) is 0 Å². The van der Waals surface area contributed by atoms with Gasteiger partial charge in [0.15, 0.2) is 0 Å². The Labute approximate surface area is 96.3 Å². The van der Waals surface area contributed by atoms with Crippen molar-refractivity contribution in [2.75, 3.05) is 39.3 Å². The van der Waals surface area contributed by atoms with Gasteiger partial charge in [0.1, 0.15) is 0 Å². The molecule has 0 unspecified atom stereocenters. The van der Waals surface area contributed by atoms with Gasteiger partial charge in [0.2, 0.25) is 0 Å². The van der Waals surface area contributed by atoms with E-state index in [-0.39, 0.29) is 6.61 Å². The van der Waals surface area contributed by atoms with Crippen LogP contribution in [-0.4, -0.2) is 63.8 Å². The number of aliphatic hydroxyl groups excluding tert-OH is 1. The molecule has 0 bridgehead atoms. The van der Waals surface area contributed by atoms with Crippen LogP contribution in [0.5, 0.6) is 0 Å². The summed E-state index contributed by atoms with van der Waals surface area (Å²) < 4.78 is 2.07. The quantitative estimate of drug-likeness (QED) is 0.751. The van der Waals surface area contributed by atoms with Crippen LogP contribution in [0.3, 0.4) is 0 Å². The maximum atomic E-state index is 8.86. The molecule has 2 heterocycles. The molecule has 1 fully saturated rings. The van der Waals surface area contributed by atoms with Crippen molar-refractivity contribution in [1.82, 2.24) is 19.4 Å². The minimum absolute atomic E-state index is 0.266. The summed E-state index contributed by atoms with van der Waals surface area (Å²) in [5, 5.41) is 8.86. The molecular formula is C11H20N4O. The van der Waals surface area contributed by atoms with Crippen molar-refractivity contribution in [3.05, 3.63) is 18.2 Å². The minimum atomic E-state index is 0.266. The molecule has 0 atom stereocenters. The van der Waals surface area contributed by atoms with E-state index < -0.39 is 0 Å². The SMILES string of the molecule is Cn1cncc1CN1CCN(CCO)CC1. The van der Waals surface area contributed by atoms with Crippen molar-refractivity contribution in [1.29, 1.82) is 0 Å². The average molecular weight is 224 g/mol. The van der Waals surface area contributed by atoms with Crippen molar-refractivity contribution in [2.45, 2.75) is 6.54 Å². The van der Waals surface area contributed by atoms with Gasteiger partial charge in [0.25, 0.3) is 0 Å². The van der Waals surface area contributed by atoms with Crippen LogP contribution in [0.4, 0.5) is 0 Å². The average Bonchev–Trinajstić information content (AvgIpc) is 2.68. The molecule has 0 radical (unpaired) electrons. The third-order valence-electron chi connectivity index (χ3n) is 3.18. The number of imidazole rings is 1. The summed E-state index contributed by atoms with van der Waals surface area (Å²) in [5.41, 5.74) is 1.26. The first-order valence-corrected chi connectivity index (χ1v) is 5.80. The van der Waals surface area contributed by atoms with E-state index in [1.807, 2.05) is 19.6 Å². The Balaban J connectivity index is 1.79. The number of aromatic nitrogens is 2. The van der Waals surface area contributed by atoms with E-state index in [1.165, 1.54) is 5.69 Å². The highest BCUT2D eigenvalue weighted by molar-refractivity contribution is 4.97. The highest BCUT2D eigenvalue weighted by atomic mass is 16.3. The minimum Gasteiger partial charge on any atom is -0.395 e. The van der Waals surface area contributed by atoms with E-state index in [4.69, 9.17) is 5.11 Å². The van der Waals surface area contributed by atoms with E-state index in [0.29, 0.717) is 0 Å². The Hall–Kier alpha value is -0.910. The normalized spacial score (nSPS) is 19.1. The number of nitrogens with zero attached hydrogens (tertiary/aromatic N) is 4. The number of piperazine rings is 1. The van der Waals surface area contributed by atoms with Crippen LogP contribution < -0.4 is 0 Å². The second-order valence-electron chi connectivity index (χ2n) is 4.34. The molecule has 1 aliphatic heterocycles. The molecular weight excluding hydrogens is 204 g/mol. The Kier molecular flexibility index (Phi) is 3.93. The molecule has 0 aromatic carbocycles. The van der Waals surface area contributed by atoms with Gasteiger partial charge in [-0.05, 0) is 0 Å². The highest BCUT2D eigenvalue weighted by Crippen LogP contribution is 2.07. The van der Waals surface area contributed by atoms with Crippen molar-refractivity contribution < 1.29 is 5.11 Å². The van der Waals surface area contributed by atoms with Gasteiger partial charge in [-0.3, -0.25) is 9.80 Å².